The molecule has 3 fully saturated rings. The summed E-state index contributed by atoms with van der Waals surface area (Å²) in [4.78, 5) is 43.8. The van der Waals surface area contributed by atoms with Crippen LogP contribution in [0, 0.1) is 22.7 Å². The maximum atomic E-state index is 13.6. The molecule has 47 heavy (non-hydrogen) atoms. The van der Waals surface area contributed by atoms with Crippen molar-refractivity contribution in [3.05, 3.63) is 96.6 Å². The Balaban J connectivity index is 0.00000213. The van der Waals surface area contributed by atoms with Crippen LogP contribution in [0.4, 0.5) is 4.79 Å². The Morgan fingerprint density at radius 2 is 1.53 bits per heavy atom. The van der Waals surface area contributed by atoms with Crippen LogP contribution in [0.3, 0.4) is 0 Å². The van der Waals surface area contributed by atoms with Crippen molar-refractivity contribution in [2.24, 2.45) is 22.7 Å². The molecule has 1 saturated carbocycles. The standard InChI is InChI=1S/C37H43N3O5.C2H6/c1-5-11-25(6-2)20-44-17-16-38-33(41)32-19-39(22-37(32)23-40(24-37)34(42)31-18-36(31,3)4)35(43)45-21-30-28-14-9-7-12-26(28)27-13-8-10-15-29(27)30;1-2/h5-15,30-32H,1-2,16-24H2,3-4H3,(H,38,41);1-2H3/b25-11+;. The van der Waals surface area contributed by atoms with Crippen molar-refractivity contribution in [2.75, 3.05) is 52.5 Å². The quantitative estimate of drug-likeness (QED) is 0.234. The highest BCUT2D eigenvalue weighted by Gasteiger charge is 2.62. The van der Waals surface area contributed by atoms with Gasteiger partial charge in [0.25, 0.3) is 0 Å². The lowest BCUT2D eigenvalue weighted by molar-refractivity contribution is -0.151. The van der Waals surface area contributed by atoms with E-state index in [-0.39, 0.29) is 42.2 Å². The smallest absolute Gasteiger partial charge is 0.409 e. The number of likely N-dealkylation sites (tertiary alicyclic amines) is 2. The molecule has 2 atom stereocenters. The third-order valence-electron chi connectivity index (χ3n) is 10.1. The van der Waals surface area contributed by atoms with E-state index in [1.54, 1.807) is 17.1 Å². The van der Waals surface area contributed by atoms with Crippen LogP contribution in [0.25, 0.3) is 11.1 Å². The van der Waals surface area contributed by atoms with E-state index in [1.807, 2.05) is 49.1 Å². The largest absolute Gasteiger partial charge is 0.448 e. The molecule has 2 aliphatic heterocycles. The van der Waals surface area contributed by atoms with E-state index in [1.165, 1.54) is 11.1 Å². The van der Waals surface area contributed by atoms with Crippen molar-refractivity contribution < 1.29 is 23.9 Å². The van der Waals surface area contributed by atoms with Gasteiger partial charge in [0, 0.05) is 50.0 Å². The van der Waals surface area contributed by atoms with Crippen LogP contribution in [0.15, 0.2) is 85.5 Å². The molecule has 8 nitrogen and oxygen atoms in total. The van der Waals surface area contributed by atoms with E-state index in [0.29, 0.717) is 39.4 Å². The number of amides is 3. The Hall–Kier alpha value is -4.17. The Morgan fingerprint density at radius 3 is 2.11 bits per heavy atom. The van der Waals surface area contributed by atoms with Crippen LogP contribution in [-0.2, 0) is 19.1 Å². The second kappa shape index (κ2) is 14.3. The van der Waals surface area contributed by atoms with Gasteiger partial charge in [0.15, 0.2) is 0 Å². The number of carbonyl (C=O) groups excluding carboxylic acids is 3. The summed E-state index contributed by atoms with van der Waals surface area (Å²) < 4.78 is 11.7. The average molecular weight is 640 g/mol. The Morgan fingerprint density at radius 1 is 0.936 bits per heavy atom. The van der Waals surface area contributed by atoms with E-state index in [0.717, 1.165) is 23.1 Å². The van der Waals surface area contributed by atoms with Gasteiger partial charge in [-0.15, -0.1) is 0 Å². The number of nitrogens with one attached hydrogen (secondary N) is 1. The summed E-state index contributed by atoms with van der Waals surface area (Å²) in [6.45, 7) is 18.5. The van der Waals surface area contributed by atoms with Crippen LogP contribution in [-0.4, -0.2) is 80.3 Å². The SMILES string of the molecule is C=C/C=C(\C=C)COCCNC(=O)C1CN(C(=O)OCC2c3ccccc3-c3ccccc32)CC12CN(C(=O)C1CC1(C)C)C2.CC. The van der Waals surface area contributed by atoms with Crippen molar-refractivity contribution in [3.63, 3.8) is 0 Å². The van der Waals surface area contributed by atoms with Crippen LogP contribution >= 0.6 is 0 Å². The summed E-state index contributed by atoms with van der Waals surface area (Å²) in [6, 6.07) is 16.5. The number of carbonyl (C=O) groups is 3. The van der Waals surface area contributed by atoms with Crippen LogP contribution in [0.5, 0.6) is 0 Å². The molecule has 250 valence electrons. The van der Waals surface area contributed by atoms with Crippen LogP contribution in [0.1, 0.15) is 51.2 Å². The second-order valence-electron chi connectivity index (χ2n) is 13.6. The van der Waals surface area contributed by atoms with Gasteiger partial charge in [-0.25, -0.2) is 4.79 Å². The Kier molecular flexibility index (Phi) is 10.4. The minimum absolute atomic E-state index is 0.0337. The third-order valence-corrected chi connectivity index (χ3v) is 10.1. The molecule has 1 spiro atoms. The molecule has 0 aromatic heterocycles. The molecule has 8 heteroatoms. The van der Waals surface area contributed by atoms with E-state index in [9.17, 15) is 14.4 Å². The minimum atomic E-state index is -0.492. The summed E-state index contributed by atoms with van der Waals surface area (Å²) in [7, 11) is 0. The van der Waals surface area contributed by atoms with Crippen molar-refractivity contribution >= 4 is 17.9 Å². The zero-order chi connectivity index (χ0) is 33.8. The van der Waals surface area contributed by atoms with Crippen molar-refractivity contribution in [1.82, 2.24) is 15.1 Å². The van der Waals surface area contributed by atoms with Gasteiger partial charge in [-0.1, -0.05) is 108 Å². The van der Waals surface area contributed by atoms with E-state index in [4.69, 9.17) is 9.47 Å². The molecule has 0 bridgehead atoms. The molecule has 4 aliphatic rings. The first-order valence-electron chi connectivity index (χ1n) is 16.9. The first kappa shape index (κ1) is 34.2. The lowest BCUT2D eigenvalue weighted by Crippen LogP contribution is -2.64. The third kappa shape index (κ3) is 6.93. The monoisotopic (exact) mass is 639 g/mol. The molecule has 6 rings (SSSR count). The van der Waals surface area contributed by atoms with Crippen molar-refractivity contribution in [1.29, 1.82) is 0 Å². The molecule has 2 aromatic carbocycles. The molecule has 2 aliphatic carbocycles. The molecule has 2 aromatic rings. The van der Waals surface area contributed by atoms with Crippen molar-refractivity contribution in [3.8, 4) is 11.1 Å². The first-order chi connectivity index (χ1) is 22.7. The van der Waals surface area contributed by atoms with Gasteiger partial charge in [0.2, 0.25) is 11.8 Å². The number of hydrogen-bond donors (Lipinski definition) is 1. The highest BCUT2D eigenvalue weighted by Crippen LogP contribution is 2.54. The Bertz CT molecular complexity index is 1490. The molecule has 3 amide bonds. The topological polar surface area (TPSA) is 88.2 Å². The Labute approximate surface area is 279 Å². The minimum Gasteiger partial charge on any atom is -0.448 e. The fourth-order valence-corrected chi connectivity index (χ4v) is 7.34. The zero-order valence-electron chi connectivity index (χ0n) is 28.3. The normalized spacial score (nSPS) is 21.5. The number of hydrogen-bond acceptors (Lipinski definition) is 5. The highest BCUT2D eigenvalue weighted by molar-refractivity contribution is 5.86. The number of rotatable bonds is 11. The summed E-state index contributed by atoms with van der Waals surface area (Å²) in [5.41, 5.74) is 5.10. The summed E-state index contributed by atoms with van der Waals surface area (Å²) in [5.74, 6) is -0.424. The molecule has 2 heterocycles. The molecule has 0 radical (unpaired) electrons. The average Bonchev–Trinajstić information content (AvgIpc) is 3.39. The van der Waals surface area contributed by atoms with Gasteiger partial charge in [-0.05, 0) is 39.7 Å². The number of allylic oxidation sites excluding steroid dienone is 2. The zero-order valence-corrected chi connectivity index (χ0v) is 28.3. The van der Waals surface area contributed by atoms with Gasteiger partial charge >= 0.3 is 6.09 Å². The number of ether oxygens (including phenoxy) is 2. The van der Waals surface area contributed by atoms with Gasteiger partial charge in [0.1, 0.15) is 6.61 Å². The predicted molar refractivity (Wildman–Crippen MR) is 185 cm³/mol. The lowest BCUT2D eigenvalue weighted by atomic mass is 9.71. The number of nitrogens with zero attached hydrogens (tertiary/aromatic N) is 2. The maximum Gasteiger partial charge on any atom is 0.409 e. The van der Waals surface area contributed by atoms with Gasteiger partial charge in [-0.3, -0.25) is 9.59 Å². The van der Waals surface area contributed by atoms with Crippen LogP contribution < -0.4 is 5.32 Å². The van der Waals surface area contributed by atoms with E-state index in [2.05, 4.69) is 56.6 Å². The number of fused-ring (bicyclic) bond motifs is 3. The van der Waals surface area contributed by atoms with E-state index >= 15 is 0 Å². The molecular formula is C39H49N3O5. The van der Waals surface area contributed by atoms with Gasteiger partial charge in [-0.2, -0.15) is 0 Å². The van der Waals surface area contributed by atoms with Gasteiger partial charge in [0.05, 0.1) is 19.1 Å². The summed E-state index contributed by atoms with van der Waals surface area (Å²) in [5, 5.41) is 3.01. The predicted octanol–water partition coefficient (Wildman–Crippen LogP) is 6.20. The molecule has 2 saturated heterocycles. The van der Waals surface area contributed by atoms with Gasteiger partial charge < -0.3 is 24.6 Å². The maximum absolute atomic E-state index is 13.6. The van der Waals surface area contributed by atoms with Crippen molar-refractivity contribution in [2.45, 2.75) is 40.0 Å². The summed E-state index contributed by atoms with van der Waals surface area (Å²) >= 11 is 0. The number of benzene rings is 2. The first-order valence-corrected chi connectivity index (χ1v) is 16.9. The summed E-state index contributed by atoms with van der Waals surface area (Å²) in [6.07, 6.45) is 5.70. The fourth-order valence-electron chi connectivity index (χ4n) is 7.34. The molecule has 2 unspecified atom stereocenters. The van der Waals surface area contributed by atoms with Crippen LogP contribution in [0.2, 0.25) is 0 Å². The second-order valence-corrected chi connectivity index (χ2v) is 13.6. The lowest BCUT2D eigenvalue weighted by Gasteiger charge is -2.50. The fraction of sp³-hybridized carbons (Fsp3) is 0.462. The van der Waals surface area contributed by atoms with E-state index < -0.39 is 17.4 Å². The highest BCUT2D eigenvalue weighted by atomic mass is 16.6. The molecule has 1 N–H and O–H groups in total. The molecular weight excluding hydrogens is 590 g/mol.